The van der Waals surface area contributed by atoms with Crippen molar-refractivity contribution in [3.8, 4) is 0 Å². The maximum atomic E-state index is 13.5. The number of benzene rings is 1. The molecule has 1 aromatic rings. The van der Waals surface area contributed by atoms with Crippen molar-refractivity contribution in [3.63, 3.8) is 0 Å². The molecule has 174 valence electrons. The summed E-state index contributed by atoms with van der Waals surface area (Å²) in [5.41, 5.74) is -0.239. The highest BCUT2D eigenvalue weighted by Crippen LogP contribution is 2.45. The SMILES string of the molecule is CC(C)CC(C)OC(=O)[C@@H]1C[C@](C)(C(=O)OC(C)CC(C)C)[C@H](c2ccc(F)cc2)N1. The zero-order valence-electron chi connectivity index (χ0n) is 19.9. The van der Waals surface area contributed by atoms with Crippen molar-refractivity contribution >= 4 is 11.9 Å². The average molecular weight is 436 g/mol. The van der Waals surface area contributed by atoms with Crippen LogP contribution in [0, 0.1) is 23.1 Å². The normalized spacial score (nSPS) is 25.5. The molecule has 0 aliphatic carbocycles. The second kappa shape index (κ2) is 10.6. The number of hydrogen-bond donors (Lipinski definition) is 1. The topological polar surface area (TPSA) is 64.6 Å². The van der Waals surface area contributed by atoms with E-state index in [2.05, 4.69) is 33.0 Å². The van der Waals surface area contributed by atoms with Crippen LogP contribution in [0.25, 0.3) is 0 Å². The molecular formula is C25H38FNO4. The van der Waals surface area contributed by atoms with Crippen LogP contribution in [0.5, 0.6) is 0 Å². The monoisotopic (exact) mass is 435 g/mol. The number of ether oxygens (including phenoxy) is 2. The molecule has 2 unspecified atom stereocenters. The molecule has 5 atom stereocenters. The van der Waals surface area contributed by atoms with Gasteiger partial charge < -0.3 is 9.47 Å². The molecule has 0 bridgehead atoms. The van der Waals surface area contributed by atoms with E-state index in [9.17, 15) is 14.0 Å². The second-order valence-electron chi connectivity index (χ2n) is 10.0. The lowest BCUT2D eigenvalue weighted by Gasteiger charge is -2.30. The molecule has 1 heterocycles. The molecule has 1 aliphatic heterocycles. The molecule has 1 N–H and O–H groups in total. The summed E-state index contributed by atoms with van der Waals surface area (Å²) >= 11 is 0. The number of carbonyl (C=O) groups is 2. The van der Waals surface area contributed by atoms with Gasteiger partial charge in [-0.3, -0.25) is 14.9 Å². The van der Waals surface area contributed by atoms with Gasteiger partial charge in [-0.25, -0.2) is 4.39 Å². The third-order valence-electron chi connectivity index (χ3n) is 5.82. The molecule has 2 rings (SSSR count). The molecule has 0 spiro atoms. The quantitative estimate of drug-likeness (QED) is 0.541. The Labute approximate surface area is 186 Å². The number of carbonyl (C=O) groups excluding carboxylic acids is 2. The molecule has 0 aromatic heterocycles. The van der Waals surface area contributed by atoms with Crippen LogP contribution in [-0.2, 0) is 19.1 Å². The van der Waals surface area contributed by atoms with Gasteiger partial charge in [-0.1, -0.05) is 39.8 Å². The lowest BCUT2D eigenvalue weighted by Crippen LogP contribution is -2.37. The highest BCUT2D eigenvalue weighted by atomic mass is 19.1. The molecular weight excluding hydrogens is 397 g/mol. The third kappa shape index (κ3) is 6.76. The Morgan fingerprint density at radius 2 is 1.52 bits per heavy atom. The molecule has 5 nitrogen and oxygen atoms in total. The summed E-state index contributed by atoms with van der Waals surface area (Å²) in [5, 5.41) is 3.27. The zero-order valence-corrected chi connectivity index (χ0v) is 19.9. The number of nitrogens with one attached hydrogen (secondary N) is 1. The predicted molar refractivity (Wildman–Crippen MR) is 119 cm³/mol. The minimum Gasteiger partial charge on any atom is -0.462 e. The Morgan fingerprint density at radius 3 is 2.03 bits per heavy atom. The van der Waals surface area contributed by atoms with Gasteiger partial charge in [-0.2, -0.15) is 0 Å². The first-order valence-corrected chi connectivity index (χ1v) is 11.4. The van der Waals surface area contributed by atoms with Gasteiger partial charge in [0.15, 0.2) is 0 Å². The van der Waals surface area contributed by atoms with Crippen molar-refractivity contribution < 1.29 is 23.5 Å². The summed E-state index contributed by atoms with van der Waals surface area (Å²) in [6.45, 7) is 13.9. The summed E-state index contributed by atoms with van der Waals surface area (Å²) in [7, 11) is 0. The second-order valence-corrected chi connectivity index (χ2v) is 10.0. The molecule has 0 radical (unpaired) electrons. The van der Waals surface area contributed by atoms with Gasteiger partial charge in [-0.05, 0) is 69.6 Å². The van der Waals surface area contributed by atoms with Crippen molar-refractivity contribution in [1.29, 1.82) is 0 Å². The van der Waals surface area contributed by atoms with Gasteiger partial charge in [-0.15, -0.1) is 0 Å². The Bertz CT molecular complexity index is 748. The maximum absolute atomic E-state index is 13.5. The standard InChI is InChI=1S/C25H38FNO4/c1-15(2)12-17(5)30-23(28)21-14-25(7,24(29)31-18(6)13-16(3)4)22(27-21)19-8-10-20(26)11-9-19/h8-11,15-18,21-22,27H,12-14H2,1-7H3/t17?,18?,21-,22-,25-/m0/s1. The van der Waals surface area contributed by atoms with E-state index in [1.807, 2.05) is 20.8 Å². The van der Waals surface area contributed by atoms with E-state index in [0.717, 1.165) is 18.4 Å². The number of hydrogen-bond acceptors (Lipinski definition) is 5. The first-order chi connectivity index (χ1) is 14.4. The van der Waals surface area contributed by atoms with Gasteiger partial charge in [0.1, 0.15) is 11.9 Å². The van der Waals surface area contributed by atoms with Crippen molar-refractivity contribution in [2.24, 2.45) is 17.3 Å². The molecule has 1 saturated heterocycles. The fraction of sp³-hybridized carbons (Fsp3) is 0.680. The van der Waals surface area contributed by atoms with Gasteiger partial charge in [0, 0.05) is 6.04 Å². The van der Waals surface area contributed by atoms with E-state index in [1.165, 1.54) is 12.1 Å². The van der Waals surface area contributed by atoms with E-state index in [1.54, 1.807) is 12.1 Å². The minimum absolute atomic E-state index is 0.205. The van der Waals surface area contributed by atoms with Crippen LogP contribution in [0.3, 0.4) is 0 Å². The van der Waals surface area contributed by atoms with Gasteiger partial charge in [0.25, 0.3) is 0 Å². The summed E-state index contributed by atoms with van der Waals surface area (Å²) in [4.78, 5) is 26.1. The smallest absolute Gasteiger partial charge is 0.323 e. The van der Waals surface area contributed by atoms with E-state index in [-0.39, 0.29) is 36.4 Å². The van der Waals surface area contributed by atoms with E-state index < -0.39 is 17.5 Å². The number of esters is 2. The first kappa shape index (κ1) is 25.3. The van der Waals surface area contributed by atoms with Crippen LogP contribution in [0.1, 0.15) is 79.3 Å². The number of halogens is 1. The molecule has 31 heavy (non-hydrogen) atoms. The van der Waals surface area contributed by atoms with Crippen LogP contribution < -0.4 is 5.32 Å². The largest absolute Gasteiger partial charge is 0.462 e. The predicted octanol–water partition coefficient (Wildman–Crippen LogP) is 5.19. The van der Waals surface area contributed by atoms with Crippen LogP contribution in [0.15, 0.2) is 24.3 Å². The fourth-order valence-electron chi connectivity index (χ4n) is 4.48. The van der Waals surface area contributed by atoms with E-state index >= 15 is 0 Å². The summed E-state index contributed by atoms with van der Waals surface area (Å²) < 4.78 is 24.9. The summed E-state index contributed by atoms with van der Waals surface area (Å²) in [6, 6.07) is 4.89. The van der Waals surface area contributed by atoms with Crippen molar-refractivity contribution in [2.75, 3.05) is 0 Å². The highest BCUT2D eigenvalue weighted by molar-refractivity contribution is 5.83. The molecule has 1 fully saturated rings. The lowest BCUT2D eigenvalue weighted by molar-refractivity contribution is -0.161. The lowest BCUT2D eigenvalue weighted by atomic mass is 9.78. The Morgan fingerprint density at radius 1 is 1.00 bits per heavy atom. The van der Waals surface area contributed by atoms with Crippen molar-refractivity contribution in [2.45, 2.75) is 92.0 Å². The fourth-order valence-corrected chi connectivity index (χ4v) is 4.48. The first-order valence-electron chi connectivity index (χ1n) is 11.4. The Hall–Kier alpha value is -1.95. The van der Waals surface area contributed by atoms with E-state index in [0.29, 0.717) is 11.8 Å². The van der Waals surface area contributed by atoms with Crippen LogP contribution in [-0.4, -0.2) is 30.2 Å². The average Bonchev–Trinajstić information content (AvgIpc) is 3.00. The third-order valence-corrected chi connectivity index (χ3v) is 5.82. The van der Waals surface area contributed by atoms with Gasteiger partial charge in [0.2, 0.25) is 0 Å². The van der Waals surface area contributed by atoms with Gasteiger partial charge >= 0.3 is 11.9 Å². The Kier molecular flexibility index (Phi) is 8.64. The maximum Gasteiger partial charge on any atom is 0.323 e. The molecule has 0 saturated carbocycles. The summed E-state index contributed by atoms with van der Waals surface area (Å²) in [6.07, 6.45) is 1.36. The highest BCUT2D eigenvalue weighted by Gasteiger charge is 2.53. The van der Waals surface area contributed by atoms with Crippen molar-refractivity contribution in [3.05, 3.63) is 35.6 Å². The van der Waals surface area contributed by atoms with Crippen LogP contribution in [0.4, 0.5) is 4.39 Å². The molecule has 1 aromatic carbocycles. The minimum atomic E-state index is -0.978. The number of rotatable bonds is 9. The van der Waals surface area contributed by atoms with E-state index in [4.69, 9.17) is 9.47 Å². The van der Waals surface area contributed by atoms with Crippen LogP contribution >= 0.6 is 0 Å². The van der Waals surface area contributed by atoms with Gasteiger partial charge in [0.05, 0.1) is 17.6 Å². The van der Waals surface area contributed by atoms with Crippen molar-refractivity contribution in [1.82, 2.24) is 5.32 Å². The summed E-state index contributed by atoms with van der Waals surface area (Å²) in [5.74, 6) is -0.264. The molecule has 0 amide bonds. The van der Waals surface area contributed by atoms with Crippen LogP contribution in [0.2, 0.25) is 0 Å². The molecule has 1 aliphatic rings. The Balaban J connectivity index is 2.24. The zero-order chi connectivity index (χ0) is 23.3. The molecule has 6 heteroatoms.